The molecule has 0 aliphatic carbocycles. The Labute approximate surface area is 120 Å². The number of halogens is 1. The second kappa shape index (κ2) is 6.33. The zero-order valence-corrected chi connectivity index (χ0v) is 11.7. The van der Waals surface area contributed by atoms with Crippen LogP contribution in [-0.4, -0.2) is 12.5 Å². The Kier molecular flexibility index (Phi) is 4.51. The van der Waals surface area contributed by atoms with E-state index in [4.69, 9.17) is 5.73 Å². The molecule has 1 heterocycles. The summed E-state index contributed by atoms with van der Waals surface area (Å²) < 4.78 is 13.4. The molecule has 0 spiro atoms. The SMILES string of the molecule is Cc1c(F)cccc1NC(=O)c1csc(C#CCN)c1. The molecule has 0 saturated heterocycles. The summed E-state index contributed by atoms with van der Waals surface area (Å²) in [5.41, 5.74) is 6.68. The van der Waals surface area contributed by atoms with Crippen LogP contribution in [0.1, 0.15) is 20.8 Å². The summed E-state index contributed by atoms with van der Waals surface area (Å²) >= 11 is 1.37. The Morgan fingerprint density at radius 1 is 1.50 bits per heavy atom. The number of benzene rings is 1. The number of rotatable bonds is 2. The fourth-order valence-corrected chi connectivity index (χ4v) is 2.35. The minimum Gasteiger partial charge on any atom is -0.322 e. The number of carbonyl (C=O) groups is 1. The lowest BCUT2D eigenvalue weighted by atomic mass is 10.2. The van der Waals surface area contributed by atoms with E-state index in [1.54, 1.807) is 30.5 Å². The lowest BCUT2D eigenvalue weighted by Gasteiger charge is -2.07. The van der Waals surface area contributed by atoms with E-state index in [2.05, 4.69) is 17.2 Å². The maximum atomic E-state index is 13.4. The zero-order valence-electron chi connectivity index (χ0n) is 10.9. The van der Waals surface area contributed by atoms with Gasteiger partial charge in [0.05, 0.1) is 17.0 Å². The van der Waals surface area contributed by atoms with Crippen molar-refractivity contribution in [2.45, 2.75) is 6.92 Å². The van der Waals surface area contributed by atoms with Gasteiger partial charge in [0.25, 0.3) is 5.91 Å². The van der Waals surface area contributed by atoms with Gasteiger partial charge in [0.2, 0.25) is 0 Å². The topological polar surface area (TPSA) is 55.1 Å². The Hall–Kier alpha value is -2.16. The summed E-state index contributed by atoms with van der Waals surface area (Å²) in [5, 5.41) is 4.40. The number of hydrogen-bond donors (Lipinski definition) is 2. The van der Waals surface area contributed by atoms with Crippen molar-refractivity contribution in [3.8, 4) is 11.8 Å². The molecule has 2 rings (SSSR count). The van der Waals surface area contributed by atoms with Gasteiger partial charge in [-0.25, -0.2) is 4.39 Å². The molecule has 0 aliphatic rings. The molecule has 0 atom stereocenters. The Balaban J connectivity index is 2.16. The average molecular weight is 288 g/mol. The third kappa shape index (κ3) is 3.23. The van der Waals surface area contributed by atoms with Gasteiger partial charge in [0, 0.05) is 16.6 Å². The molecule has 5 heteroatoms. The molecule has 20 heavy (non-hydrogen) atoms. The van der Waals surface area contributed by atoms with Gasteiger partial charge < -0.3 is 11.1 Å². The van der Waals surface area contributed by atoms with Gasteiger partial charge in [-0.15, -0.1) is 11.3 Å². The van der Waals surface area contributed by atoms with Gasteiger partial charge in [-0.3, -0.25) is 4.79 Å². The van der Waals surface area contributed by atoms with Gasteiger partial charge in [-0.1, -0.05) is 17.9 Å². The van der Waals surface area contributed by atoms with Gasteiger partial charge in [0.15, 0.2) is 0 Å². The highest BCUT2D eigenvalue weighted by Gasteiger charge is 2.11. The first-order valence-corrected chi connectivity index (χ1v) is 6.83. The lowest BCUT2D eigenvalue weighted by molar-refractivity contribution is 0.102. The maximum Gasteiger partial charge on any atom is 0.256 e. The van der Waals surface area contributed by atoms with Gasteiger partial charge in [-0.05, 0) is 25.1 Å². The monoisotopic (exact) mass is 288 g/mol. The molecule has 0 aliphatic heterocycles. The van der Waals surface area contributed by atoms with Crippen LogP contribution in [0.25, 0.3) is 0 Å². The molecule has 1 aromatic carbocycles. The number of nitrogens with one attached hydrogen (secondary N) is 1. The van der Waals surface area contributed by atoms with Crippen molar-refractivity contribution in [1.29, 1.82) is 0 Å². The highest BCUT2D eigenvalue weighted by Crippen LogP contribution is 2.20. The normalized spacial score (nSPS) is 9.75. The number of carbonyl (C=O) groups excluding carboxylic acids is 1. The molecule has 2 aromatic rings. The first-order valence-electron chi connectivity index (χ1n) is 5.95. The second-order valence-electron chi connectivity index (χ2n) is 4.07. The summed E-state index contributed by atoms with van der Waals surface area (Å²) in [6.45, 7) is 1.90. The number of nitrogens with two attached hydrogens (primary N) is 1. The van der Waals surface area contributed by atoms with Crippen LogP contribution in [0.2, 0.25) is 0 Å². The molecule has 3 N–H and O–H groups in total. The van der Waals surface area contributed by atoms with Crippen molar-refractivity contribution in [3.05, 3.63) is 51.5 Å². The highest BCUT2D eigenvalue weighted by molar-refractivity contribution is 7.10. The van der Waals surface area contributed by atoms with Gasteiger partial charge >= 0.3 is 0 Å². The zero-order chi connectivity index (χ0) is 14.5. The molecular weight excluding hydrogens is 275 g/mol. The standard InChI is InChI=1S/C15H13FN2OS/c1-10-13(16)5-2-6-14(10)18-15(19)11-8-12(20-9-11)4-3-7-17/h2,5-6,8-9H,7,17H2,1H3,(H,18,19). The lowest BCUT2D eigenvalue weighted by Crippen LogP contribution is -2.12. The van der Waals surface area contributed by atoms with Crippen molar-refractivity contribution < 1.29 is 9.18 Å². The average Bonchev–Trinajstić information content (AvgIpc) is 2.90. The number of amides is 1. The number of thiophene rings is 1. The predicted molar refractivity (Wildman–Crippen MR) is 79.3 cm³/mol. The number of anilines is 1. The summed E-state index contributed by atoms with van der Waals surface area (Å²) in [5.74, 6) is 4.97. The van der Waals surface area contributed by atoms with E-state index in [0.717, 1.165) is 4.88 Å². The summed E-state index contributed by atoms with van der Waals surface area (Å²) in [6, 6.07) is 6.27. The van der Waals surface area contributed by atoms with E-state index in [1.165, 1.54) is 17.4 Å². The Morgan fingerprint density at radius 3 is 3.05 bits per heavy atom. The van der Waals surface area contributed by atoms with Crippen LogP contribution in [0, 0.1) is 24.6 Å². The maximum absolute atomic E-state index is 13.4. The smallest absolute Gasteiger partial charge is 0.256 e. The van der Waals surface area contributed by atoms with E-state index in [9.17, 15) is 9.18 Å². The fraction of sp³-hybridized carbons (Fsp3) is 0.133. The third-order valence-corrected chi connectivity index (χ3v) is 3.54. The fourth-order valence-electron chi connectivity index (χ4n) is 1.60. The third-order valence-electron chi connectivity index (χ3n) is 2.69. The van der Waals surface area contributed by atoms with Crippen LogP contribution in [-0.2, 0) is 0 Å². The van der Waals surface area contributed by atoms with Crippen molar-refractivity contribution in [1.82, 2.24) is 0 Å². The van der Waals surface area contributed by atoms with Crippen molar-refractivity contribution in [3.63, 3.8) is 0 Å². The molecule has 0 bridgehead atoms. The molecule has 1 amide bonds. The summed E-state index contributed by atoms with van der Waals surface area (Å²) in [6.07, 6.45) is 0. The predicted octanol–water partition coefficient (Wildman–Crippen LogP) is 2.76. The molecule has 102 valence electrons. The van der Waals surface area contributed by atoms with Crippen LogP contribution >= 0.6 is 11.3 Å². The van der Waals surface area contributed by atoms with Gasteiger partial charge in [-0.2, -0.15) is 0 Å². The van der Waals surface area contributed by atoms with E-state index < -0.39 is 0 Å². The minimum absolute atomic E-state index is 0.280. The quantitative estimate of drug-likeness (QED) is 0.835. The Morgan fingerprint density at radius 2 is 2.30 bits per heavy atom. The first-order chi connectivity index (χ1) is 9.61. The molecule has 0 unspecified atom stereocenters. The molecular formula is C15H13FN2OS. The van der Waals surface area contributed by atoms with E-state index >= 15 is 0 Å². The highest BCUT2D eigenvalue weighted by atomic mass is 32.1. The first kappa shape index (κ1) is 14.3. The van der Waals surface area contributed by atoms with Gasteiger partial charge in [0.1, 0.15) is 5.82 Å². The van der Waals surface area contributed by atoms with E-state index in [-0.39, 0.29) is 18.3 Å². The number of hydrogen-bond acceptors (Lipinski definition) is 3. The van der Waals surface area contributed by atoms with Crippen LogP contribution in [0.5, 0.6) is 0 Å². The van der Waals surface area contributed by atoms with Crippen molar-refractivity contribution in [2.24, 2.45) is 5.73 Å². The van der Waals surface area contributed by atoms with E-state index in [0.29, 0.717) is 16.8 Å². The summed E-state index contributed by atoms with van der Waals surface area (Å²) in [4.78, 5) is 12.8. The molecule has 0 saturated carbocycles. The Bertz CT molecular complexity index is 697. The van der Waals surface area contributed by atoms with Crippen LogP contribution in [0.4, 0.5) is 10.1 Å². The largest absolute Gasteiger partial charge is 0.322 e. The molecule has 1 aromatic heterocycles. The van der Waals surface area contributed by atoms with Crippen molar-refractivity contribution in [2.75, 3.05) is 11.9 Å². The molecule has 0 fully saturated rings. The van der Waals surface area contributed by atoms with Crippen LogP contribution < -0.4 is 11.1 Å². The summed E-state index contributed by atoms with van der Waals surface area (Å²) in [7, 11) is 0. The van der Waals surface area contributed by atoms with Crippen LogP contribution in [0.3, 0.4) is 0 Å². The molecule has 3 nitrogen and oxygen atoms in total. The minimum atomic E-state index is -0.345. The van der Waals surface area contributed by atoms with E-state index in [1.807, 2.05) is 0 Å². The van der Waals surface area contributed by atoms with Crippen LogP contribution in [0.15, 0.2) is 29.6 Å². The molecule has 0 radical (unpaired) electrons. The van der Waals surface area contributed by atoms with Crippen molar-refractivity contribution >= 4 is 22.9 Å². The second-order valence-corrected chi connectivity index (χ2v) is 4.98.